The van der Waals surface area contributed by atoms with Crippen molar-refractivity contribution in [3.63, 3.8) is 0 Å². The van der Waals surface area contributed by atoms with Crippen LogP contribution in [0.1, 0.15) is 47.0 Å². The molecule has 0 aromatic carbocycles. The van der Waals surface area contributed by atoms with Crippen LogP contribution in [0, 0.1) is 5.41 Å². The molecule has 106 valence electrons. The second kappa shape index (κ2) is 5.45. The maximum absolute atomic E-state index is 11.9. The highest BCUT2D eigenvalue weighted by Gasteiger charge is 2.45. The Hall–Kier alpha value is -0.810. The first-order valence-corrected chi connectivity index (χ1v) is 6.54. The van der Waals surface area contributed by atoms with Gasteiger partial charge in [0.1, 0.15) is 5.60 Å². The third-order valence-electron chi connectivity index (χ3n) is 3.33. The van der Waals surface area contributed by atoms with Gasteiger partial charge in [-0.1, -0.05) is 13.3 Å². The Balaban J connectivity index is 2.66. The fourth-order valence-corrected chi connectivity index (χ4v) is 2.42. The van der Waals surface area contributed by atoms with Crippen LogP contribution in [0.5, 0.6) is 0 Å². The molecule has 1 aliphatic heterocycles. The van der Waals surface area contributed by atoms with Gasteiger partial charge in [-0.15, -0.1) is 0 Å². The molecular formula is C13H25NO4. The minimum Gasteiger partial charge on any atom is -0.444 e. The van der Waals surface area contributed by atoms with Gasteiger partial charge >= 0.3 is 6.09 Å². The minimum absolute atomic E-state index is 0.355. The number of amides is 1. The predicted octanol–water partition coefficient (Wildman–Crippen LogP) is 1.72. The molecule has 2 N–H and O–H groups in total. The molecule has 1 aliphatic rings. The lowest BCUT2D eigenvalue weighted by atomic mass is 9.82. The van der Waals surface area contributed by atoms with Crippen LogP contribution in [-0.2, 0) is 4.74 Å². The quantitative estimate of drug-likeness (QED) is 0.757. The summed E-state index contributed by atoms with van der Waals surface area (Å²) in [5.41, 5.74) is -1.11. The molecule has 1 fully saturated rings. The van der Waals surface area contributed by atoms with Crippen LogP contribution in [-0.4, -0.2) is 46.2 Å². The van der Waals surface area contributed by atoms with E-state index < -0.39 is 17.3 Å². The second-order valence-electron chi connectivity index (χ2n) is 6.14. The number of aliphatic hydroxyl groups is 2. The number of ether oxygens (including phenoxy) is 1. The van der Waals surface area contributed by atoms with Crippen LogP contribution < -0.4 is 0 Å². The van der Waals surface area contributed by atoms with E-state index in [9.17, 15) is 15.0 Å². The Kier molecular flexibility index (Phi) is 4.61. The van der Waals surface area contributed by atoms with E-state index in [0.717, 1.165) is 6.42 Å². The molecule has 1 rings (SSSR count). The number of nitrogens with zero attached hydrogens (tertiary/aromatic N) is 1. The normalized spacial score (nSPS) is 24.7. The summed E-state index contributed by atoms with van der Waals surface area (Å²) >= 11 is 0. The first kappa shape index (κ1) is 15.2. The Morgan fingerprint density at radius 3 is 2.50 bits per heavy atom. The maximum atomic E-state index is 11.9. The van der Waals surface area contributed by atoms with E-state index in [4.69, 9.17) is 4.74 Å². The zero-order valence-electron chi connectivity index (χ0n) is 11.8. The van der Waals surface area contributed by atoms with Gasteiger partial charge in [-0.25, -0.2) is 4.79 Å². The first-order valence-electron chi connectivity index (χ1n) is 6.54. The van der Waals surface area contributed by atoms with Crippen LogP contribution in [0.2, 0.25) is 0 Å². The largest absolute Gasteiger partial charge is 0.444 e. The topological polar surface area (TPSA) is 70.0 Å². The van der Waals surface area contributed by atoms with Crippen LogP contribution in [0.3, 0.4) is 0 Å². The van der Waals surface area contributed by atoms with E-state index in [-0.39, 0.29) is 6.09 Å². The van der Waals surface area contributed by atoms with Gasteiger partial charge in [-0.3, -0.25) is 0 Å². The summed E-state index contributed by atoms with van der Waals surface area (Å²) in [6.07, 6.45) is 0.410. The third-order valence-corrected chi connectivity index (χ3v) is 3.33. The van der Waals surface area contributed by atoms with Crippen LogP contribution in [0.25, 0.3) is 0 Å². The van der Waals surface area contributed by atoms with Crippen molar-refractivity contribution in [2.24, 2.45) is 5.41 Å². The summed E-state index contributed by atoms with van der Waals surface area (Å²) in [6.45, 7) is 8.34. The fraction of sp³-hybridized carbons (Fsp3) is 0.923. The number of likely N-dealkylation sites (tertiary alicyclic amines) is 1. The number of hydrogen-bond donors (Lipinski definition) is 2. The molecule has 1 heterocycles. The van der Waals surface area contributed by atoms with Crippen LogP contribution in [0.15, 0.2) is 0 Å². The van der Waals surface area contributed by atoms with E-state index in [0.29, 0.717) is 25.9 Å². The van der Waals surface area contributed by atoms with Crippen molar-refractivity contribution in [1.82, 2.24) is 4.90 Å². The van der Waals surface area contributed by atoms with Crippen molar-refractivity contribution in [3.05, 3.63) is 0 Å². The fourth-order valence-electron chi connectivity index (χ4n) is 2.42. The highest BCUT2D eigenvalue weighted by molar-refractivity contribution is 5.68. The van der Waals surface area contributed by atoms with Crippen molar-refractivity contribution < 1.29 is 19.7 Å². The molecular weight excluding hydrogens is 234 g/mol. The lowest BCUT2D eigenvalue weighted by molar-refractivity contribution is -0.133. The molecule has 0 saturated carbocycles. The van der Waals surface area contributed by atoms with Gasteiger partial charge in [-0.2, -0.15) is 0 Å². The summed E-state index contributed by atoms with van der Waals surface area (Å²) in [5, 5.41) is 19.1. The zero-order chi connectivity index (χ0) is 14.0. The number of carbonyl (C=O) groups excluding carboxylic acids is 1. The van der Waals surface area contributed by atoms with Gasteiger partial charge in [0.05, 0.1) is 0 Å². The van der Waals surface area contributed by atoms with Crippen molar-refractivity contribution >= 4 is 6.09 Å². The molecule has 1 unspecified atom stereocenters. The second-order valence-corrected chi connectivity index (χ2v) is 6.14. The molecule has 5 heteroatoms. The monoisotopic (exact) mass is 259 g/mol. The van der Waals surface area contributed by atoms with Gasteiger partial charge in [0.25, 0.3) is 0 Å². The van der Waals surface area contributed by atoms with Gasteiger partial charge in [0.2, 0.25) is 0 Å². The van der Waals surface area contributed by atoms with Crippen molar-refractivity contribution in [1.29, 1.82) is 0 Å². The SMILES string of the molecule is CCCC1(C(O)O)CCN(C(=O)OC(C)(C)C)C1. The summed E-state index contributed by atoms with van der Waals surface area (Å²) < 4.78 is 5.30. The first-order chi connectivity index (χ1) is 8.20. The summed E-state index contributed by atoms with van der Waals surface area (Å²) in [6, 6.07) is 0. The molecule has 5 nitrogen and oxygen atoms in total. The molecule has 1 atom stereocenters. The van der Waals surface area contributed by atoms with E-state index >= 15 is 0 Å². The van der Waals surface area contributed by atoms with E-state index in [1.54, 1.807) is 4.90 Å². The summed E-state index contributed by atoms with van der Waals surface area (Å²) in [5.74, 6) is 0. The van der Waals surface area contributed by atoms with Gasteiger partial charge < -0.3 is 19.8 Å². The number of aliphatic hydroxyl groups excluding tert-OH is 1. The number of hydrogen-bond acceptors (Lipinski definition) is 4. The molecule has 0 radical (unpaired) electrons. The highest BCUT2D eigenvalue weighted by Crippen LogP contribution is 2.38. The summed E-state index contributed by atoms with van der Waals surface area (Å²) in [7, 11) is 0. The van der Waals surface area contributed by atoms with E-state index in [1.807, 2.05) is 27.7 Å². The zero-order valence-corrected chi connectivity index (χ0v) is 11.8. The van der Waals surface area contributed by atoms with E-state index in [1.165, 1.54) is 0 Å². The lowest BCUT2D eigenvalue weighted by Crippen LogP contribution is -2.41. The Bertz CT molecular complexity index is 298. The molecule has 18 heavy (non-hydrogen) atoms. The molecule has 0 aromatic heterocycles. The van der Waals surface area contributed by atoms with Crippen molar-refractivity contribution in [3.8, 4) is 0 Å². The Morgan fingerprint density at radius 1 is 1.44 bits per heavy atom. The van der Waals surface area contributed by atoms with Crippen molar-refractivity contribution in [2.45, 2.75) is 58.8 Å². The Labute approximate surface area is 109 Å². The van der Waals surface area contributed by atoms with Gasteiger partial charge in [0, 0.05) is 18.5 Å². The molecule has 0 aromatic rings. The third kappa shape index (κ3) is 3.59. The predicted molar refractivity (Wildman–Crippen MR) is 68.0 cm³/mol. The molecule has 0 bridgehead atoms. The standard InChI is InChI=1S/C13H25NO4/c1-5-6-13(10(15)16)7-8-14(9-13)11(17)18-12(2,3)4/h10,15-16H,5-9H2,1-4H3. The average Bonchev–Trinajstić information content (AvgIpc) is 2.61. The van der Waals surface area contributed by atoms with Crippen LogP contribution in [0.4, 0.5) is 4.79 Å². The molecule has 1 amide bonds. The molecule has 0 spiro atoms. The maximum Gasteiger partial charge on any atom is 0.410 e. The van der Waals surface area contributed by atoms with Crippen LogP contribution >= 0.6 is 0 Å². The number of carbonyl (C=O) groups is 1. The smallest absolute Gasteiger partial charge is 0.410 e. The molecule has 1 saturated heterocycles. The van der Waals surface area contributed by atoms with Gasteiger partial charge in [0.15, 0.2) is 6.29 Å². The minimum atomic E-state index is -1.38. The lowest BCUT2D eigenvalue weighted by Gasteiger charge is -2.31. The van der Waals surface area contributed by atoms with Gasteiger partial charge in [-0.05, 0) is 33.6 Å². The van der Waals surface area contributed by atoms with E-state index in [2.05, 4.69) is 0 Å². The average molecular weight is 259 g/mol. The summed E-state index contributed by atoms with van der Waals surface area (Å²) in [4.78, 5) is 13.5. The molecule has 0 aliphatic carbocycles. The number of rotatable bonds is 3. The highest BCUT2D eigenvalue weighted by atomic mass is 16.6. The van der Waals surface area contributed by atoms with Crippen molar-refractivity contribution in [2.75, 3.05) is 13.1 Å². The Morgan fingerprint density at radius 2 is 2.06 bits per heavy atom.